The number of likely N-dealkylation sites (N-methyl/N-ethyl adjacent to an activating group) is 1. The molecule has 1 saturated heterocycles. The molecule has 24 heavy (non-hydrogen) atoms. The Balaban J connectivity index is 1.64. The van der Waals surface area contributed by atoms with Crippen molar-refractivity contribution in [3.05, 3.63) is 35.6 Å². The van der Waals surface area contributed by atoms with Crippen LogP contribution >= 0.6 is 0 Å². The van der Waals surface area contributed by atoms with Gasteiger partial charge in [-0.05, 0) is 44.6 Å². The molecule has 4 nitrogen and oxygen atoms in total. The van der Waals surface area contributed by atoms with Crippen LogP contribution in [-0.2, 0) is 4.79 Å². The van der Waals surface area contributed by atoms with Crippen LogP contribution in [0.5, 0.6) is 0 Å². The topological polar surface area (TPSA) is 26.8 Å². The molecule has 132 valence electrons. The molecule has 0 spiro atoms. The maximum atomic E-state index is 13.2. The lowest BCUT2D eigenvalue weighted by Crippen LogP contribution is -2.53. The Morgan fingerprint density at radius 2 is 1.67 bits per heavy atom. The summed E-state index contributed by atoms with van der Waals surface area (Å²) in [5.41, 5.74) is 0.852. The Bertz CT molecular complexity index is 546. The minimum Gasteiger partial charge on any atom is -0.338 e. The lowest BCUT2D eigenvalue weighted by atomic mass is 10.0. The van der Waals surface area contributed by atoms with Gasteiger partial charge >= 0.3 is 0 Å². The number of amides is 1. The van der Waals surface area contributed by atoms with Crippen molar-refractivity contribution in [3.8, 4) is 0 Å². The van der Waals surface area contributed by atoms with Crippen LogP contribution in [0.1, 0.15) is 37.3 Å². The summed E-state index contributed by atoms with van der Waals surface area (Å²) in [4.78, 5) is 19.5. The molecule has 0 aromatic heterocycles. The first-order chi connectivity index (χ1) is 11.6. The second-order valence-electron chi connectivity index (χ2n) is 7.22. The highest BCUT2D eigenvalue weighted by Crippen LogP contribution is 2.26. The van der Waals surface area contributed by atoms with Crippen molar-refractivity contribution in [1.82, 2.24) is 14.7 Å². The maximum Gasteiger partial charge on any atom is 0.244 e. The van der Waals surface area contributed by atoms with Gasteiger partial charge in [-0.25, -0.2) is 4.39 Å². The van der Waals surface area contributed by atoms with E-state index in [0.717, 1.165) is 37.8 Å². The predicted molar refractivity (Wildman–Crippen MR) is 93.2 cm³/mol. The molecule has 2 fully saturated rings. The van der Waals surface area contributed by atoms with E-state index in [1.54, 1.807) is 12.1 Å². The standard InChI is InChI=1S/C19H28FN3O/c1-21(2)18(15-7-9-16(20)10-8-15)19(24)23-13-11-22(12-14-23)17-5-3-4-6-17/h7-10,17-18H,3-6,11-14H2,1-2H3. The van der Waals surface area contributed by atoms with Crippen molar-refractivity contribution < 1.29 is 9.18 Å². The molecule has 0 bridgehead atoms. The zero-order chi connectivity index (χ0) is 17.1. The van der Waals surface area contributed by atoms with Crippen molar-refractivity contribution in [2.24, 2.45) is 0 Å². The molecular weight excluding hydrogens is 305 g/mol. The van der Waals surface area contributed by atoms with E-state index in [-0.39, 0.29) is 17.8 Å². The fourth-order valence-electron chi connectivity index (χ4n) is 4.06. The normalized spacial score (nSPS) is 21.4. The molecule has 1 aliphatic heterocycles. The van der Waals surface area contributed by atoms with Crippen LogP contribution in [0, 0.1) is 5.82 Å². The van der Waals surface area contributed by atoms with Crippen LogP contribution in [0.2, 0.25) is 0 Å². The number of benzene rings is 1. The fourth-order valence-corrected chi connectivity index (χ4v) is 4.06. The van der Waals surface area contributed by atoms with Gasteiger partial charge in [0, 0.05) is 32.2 Å². The number of piperazine rings is 1. The molecule has 2 aliphatic rings. The van der Waals surface area contributed by atoms with E-state index in [0.29, 0.717) is 0 Å². The summed E-state index contributed by atoms with van der Waals surface area (Å²) >= 11 is 0. The maximum absolute atomic E-state index is 13.2. The molecule has 0 radical (unpaired) electrons. The molecule has 3 rings (SSSR count). The molecule has 1 aliphatic carbocycles. The molecule has 1 heterocycles. The third-order valence-electron chi connectivity index (χ3n) is 5.40. The first-order valence-corrected chi connectivity index (χ1v) is 9.01. The van der Waals surface area contributed by atoms with Crippen LogP contribution < -0.4 is 0 Å². The van der Waals surface area contributed by atoms with Crippen LogP contribution in [0.4, 0.5) is 4.39 Å². The quantitative estimate of drug-likeness (QED) is 0.847. The number of halogens is 1. The Hall–Kier alpha value is -1.46. The second-order valence-corrected chi connectivity index (χ2v) is 7.22. The number of hydrogen-bond donors (Lipinski definition) is 0. The van der Waals surface area contributed by atoms with Crippen molar-refractivity contribution in [1.29, 1.82) is 0 Å². The number of carbonyl (C=O) groups excluding carboxylic acids is 1. The lowest BCUT2D eigenvalue weighted by molar-refractivity contribution is -0.138. The highest BCUT2D eigenvalue weighted by Gasteiger charge is 2.32. The summed E-state index contributed by atoms with van der Waals surface area (Å²) in [5.74, 6) is -0.147. The van der Waals surface area contributed by atoms with Crippen molar-refractivity contribution >= 4 is 5.91 Å². The highest BCUT2D eigenvalue weighted by atomic mass is 19.1. The third kappa shape index (κ3) is 3.78. The van der Waals surface area contributed by atoms with Gasteiger partial charge in [0.15, 0.2) is 0 Å². The number of rotatable bonds is 4. The average molecular weight is 333 g/mol. The Morgan fingerprint density at radius 3 is 2.21 bits per heavy atom. The molecule has 1 amide bonds. The minimum absolute atomic E-state index is 0.123. The monoisotopic (exact) mass is 333 g/mol. The summed E-state index contributed by atoms with van der Waals surface area (Å²) in [6.07, 6.45) is 5.31. The van der Waals surface area contributed by atoms with E-state index in [1.807, 2.05) is 23.9 Å². The van der Waals surface area contributed by atoms with Gasteiger partial charge in [-0.1, -0.05) is 25.0 Å². The third-order valence-corrected chi connectivity index (χ3v) is 5.40. The van der Waals surface area contributed by atoms with E-state index in [1.165, 1.54) is 37.8 Å². The lowest BCUT2D eigenvalue weighted by Gasteiger charge is -2.40. The van der Waals surface area contributed by atoms with Gasteiger partial charge in [0.1, 0.15) is 11.9 Å². The van der Waals surface area contributed by atoms with Gasteiger partial charge in [-0.15, -0.1) is 0 Å². The Morgan fingerprint density at radius 1 is 1.08 bits per heavy atom. The van der Waals surface area contributed by atoms with Crippen LogP contribution in [0.15, 0.2) is 24.3 Å². The zero-order valence-corrected chi connectivity index (χ0v) is 14.7. The highest BCUT2D eigenvalue weighted by molar-refractivity contribution is 5.83. The molecule has 0 N–H and O–H groups in total. The van der Waals surface area contributed by atoms with Gasteiger partial charge in [0.05, 0.1) is 0 Å². The first-order valence-electron chi connectivity index (χ1n) is 9.01. The molecule has 1 saturated carbocycles. The predicted octanol–water partition coefficient (Wildman–Crippen LogP) is 2.52. The van der Waals surface area contributed by atoms with E-state index in [4.69, 9.17) is 0 Å². The molecular formula is C19H28FN3O. The van der Waals surface area contributed by atoms with Gasteiger partial charge in [0.25, 0.3) is 0 Å². The summed E-state index contributed by atoms with van der Waals surface area (Å²) in [6, 6.07) is 6.67. The van der Waals surface area contributed by atoms with Gasteiger partial charge < -0.3 is 4.90 Å². The van der Waals surface area contributed by atoms with Gasteiger partial charge in [0.2, 0.25) is 5.91 Å². The zero-order valence-electron chi connectivity index (χ0n) is 14.7. The SMILES string of the molecule is CN(C)C(C(=O)N1CCN(C2CCCC2)CC1)c1ccc(F)cc1. The summed E-state index contributed by atoms with van der Waals surface area (Å²) < 4.78 is 13.2. The van der Waals surface area contributed by atoms with Crippen LogP contribution in [-0.4, -0.2) is 66.9 Å². The smallest absolute Gasteiger partial charge is 0.244 e. The minimum atomic E-state index is -0.344. The van der Waals surface area contributed by atoms with Crippen molar-refractivity contribution in [2.45, 2.75) is 37.8 Å². The van der Waals surface area contributed by atoms with E-state index in [2.05, 4.69) is 4.90 Å². The number of carbonyl (C=O) groups is 1. The Labute approximate surface area is 144 Å². The van der Waals surface area contributed by atoms with Crippen LogP contribution in [0.25, 0.3) is 0 Å². The first kappa shape index (κ1) is 17.4. The summed E-state index contributed by atoms with van der Waals surface area (Å²) in [5, 5.41) is 0. The summed E-state index contributed by atoms with van der Waals surface area (Å²) in [7, 11) is 3.81. The average Bonchev–Trinajstić information content (AvgIpc) is 3.11. The van der Waals surface area contributed by atoms with Crippen molar-refractivity contribution in [3.63, 3.8) is 0 Å². The molecule has 1 atom stereocenters. The molecule has 5 heteroatoms. The van der Waals surface area contributed by atoms with Gasteiger partial charge in [-0.3, -0.25) is 14.6 Å². The Kier molecular flexibility index (Phi) is 5.51. The number of hydrogen-bond acceptors (Lipinski definition) is 3. The van der Waals surface area contributed by atoms with Crippen molar-refractivity contribution in [2.75, 3.05) is 40.3 Å². The molecule has 1 aromatic carbocycles. The second kappa shape index (κ2) is 7.62. The van der Waals surface area contributed by atoms with E-state index >= 15 is 0 Å². The van der Waals surface area contributed by atoms with Gasteiger partial charge in [-0.2, -0.15) is 0 Å². The van der Waals surface area contributed by atoms with E-state index < -0.39 is 0 Å². The molecule has 1 unspecified atom stereocenters. The fraction of sp³-hybridized carbons (Fsp3) is 0.632. The molecule has 1 aromatic rings. The summed E-state index contributed by atoms with van der Waals surface area (Å²) in [6.45, 7) is 3.53. The van der Waals surface area contributed by atoms with Crippen LogP contribution in [0.3, 0.4) is 0 Å². The van der Waals surface area contributed by atoms with E-state index in [9.17, 15) is 9.18 Å². The largest absolute Gasteiger partial charge is 0.338 e. The number of nitrogens with zero attached hydrogens (tertiary/aromatic N) is 3.